The average Bonchev–Trinajstić information content (AvgIpc) is 3.00. The maximum absolute atomic E-state index is 12.7. The first kappa shape index (κ1) is 20.2. The number of hydrogen-bond acceptors (Lipinski definition) is 6. The van der Waals surface area contributed by atoms with Crippen LogP contribution in [0.1, 0.15) is 25.8 Å². The zero-order chi connectivity index (χ0) is 19.1. The molecular formula is C17H23N5O2S2. The summed E-state index contributed by atoms with van der Waals surface area (Å²) in [5, 5.41) is 9.41. The number of nitrogens with one attached hydrogen (secondary N) is 2. The Hall–Kier alpha value is -2.10. The monoisotopic (exact) mass is 393 g/mol. The van der Waals surface area contributed by atoms with Gasteiger partial charge in [0.05, 0.1) is 6.04 Å². The molecule has 26 heavy (non-hydrogen) atoms. The Morgan fingerprint density at radius 3 is 2.62 bits per heavy atom. The van der Waals surface area contributed by atoms with Crippen LogP contribution in [-0.4, -0.2) is 39.6 Å². The fraction of sp³-hybridized carbons (Fsp3) is 0.412. The Labute approximate surface area is 161 Å². The Balaban J connectivity index is 2.12. The number of imide groups is 1. The van der Waals surface area contributed by atoms with Gasteiger partial charge in [0.2, 0.25) is 11.0 Å². The minimum Gasteiger partial charge on any atom is -0.320 e. The Morgan fingerprint density at radius 1 is 1.35 bits per heavy atom. The third-order valence-corrected chi connectivity index (χ3v) is 4.68. The normalized spacial score (nSPS) is 12.0. The van der Waals surface area contributed by atoms with Crippen LogP contribution in [0, 0.1) is 9.87 Å². The van der Waals surface area contributed by atoms with Gasteiger partial charge in [0.1, 0.15) is 0 Å². The van der Waals surface area contributed by atoms with Crippen molar-refractivity contribution in [2.45, 2.75) is 32.7 Å². The number of amides is 3. The predicted octanol–water partition coefficient (Wildman–Crippen LogP) is 3.18. The minimum absolute atomic E-state index is 0.232. The van der Waals surface area contributed by atoms with E-state index >= 15 is 0 Å². The number of aromatic nitrogens is 2. The summed E-state index contributed by atoms with van der Waals surface area (Å²) >= 11 is 6.08. The van der Waals surface area contributed by atoms with E-state index in [4.69, 9.17) is 18.0 Å². The van der Waals surface area contributed by atoms with Crippen LogP contribution in [0.2, 0.25) is 0 Å². The molecule has 2 aromatic rings. The van der Waals surface area contributed by atoms with Gasteiger partial charge in [-0.1, -0.05) is 55.5 Å². The van der Waals surface area contributed by atoms with Crippen molar-refractivity contribution in [1.29, 1.82) is 0 Å². The van der Waals surface area contributed by atoms with Crippen molar-refractivity contribution in [2.24, 2.45) is 11.7 Å². The van der Waals surface area contributed by atoms with Crippen LogP contribution in [-0.2, 0) is 11.2 Å². The number of benzene rings is 1. The first-order chi connectivity index (χ1) is 12.4. The molecule has 0 aliphatic rings. The molecular weight excluding hydrogens is 370 g/mol. The first-order valence-electron chi connectivity index (χ1n) is 8.34. The van der Waals surface area contributed by atoms with E-state index in [2.05, 4.69) is 15.5 Å². The third-order valence-electron chi connectivity index (χ3n) is 3.67. The molecule has 0 bridgehead atoms. The van der Waals surface area contributed by atoms with E-state index in [1.807, 2.05) is 44.2 Å². The van der Waals surface area contributed by atoms with Gasteiger partial charge in [0.15, 0.2) is 3.95 Å². The molecule has 0 radical (unpaired) electrons. The van der Waals surface area contributed by atoms with Crippen molar-refractivity contribution in [3.05, 3.63) is 39.8 Å². The molecule has 1 aromatic heterocycles. The number of aromatic amines is 1. The van der Waals surface area contributed by atoms with Crippen molar-refractivity contribution < 1.29 is 9.59 Å². The maximum Gasteiger partial charge on any atom is 0.330 e. The van der Waals surface area contributed by atoms with Crippen LogP contribution in [0.25, 0.3) is 0 Å². The van der Waals surface area contributed by atoms with Gasteiger partial charge < -0.3 is 5.73 Å². The minimum atomic E-state index is -0.728. The van der Waals surface area contributed by atoms with E-state index in [0.717, 1.165) is 21.8 Å². The summed E-state index contributed by atoms with van der Waals surface area (Å²) in [6.45, 7) is 4.20. The Bertz CT molecular complexity index is 788. The molecule has 0 saturated heterocycles. The largest absolute Gasteiger partial charge is 0.330 e. The summed E-state index contributed by atoms with van der Waals surface area (Å²) < 4.78 is 0.443. The second-order valence-corrected chi connectivity index (χ2v) is 7.98. The number of anilines is 1. The van der Waals surface area contributed by atoms with Gasteiger partial charge in [-0.25, -0.2) is 4.79 Å². The molecule has 0 aliphatic heterocycles. The highest BCUT2D eigenvalue weighted by molar-refractivity contribution is 7.73. The zero-order valence-corrected chi connectivity index (χ0v) is 16.4. The van der Waals surface area contributed by atoms with E-state index in [1.165, 1.54) is 0 Å². The van der Waals surface area contributed by atoms with Crippen LogP contribution in [0.3, 0.4) is 0 Å². The van der Waals surface area contributed by atoms with Crippen LogP contribution in [0.5, 0.6) is 0 Å². The molecule has 1 heterocycles. The van der Waals surface area contributed by atoms with Crippen LogP contribution < -0.4 is 11.1 Å². The molecule has 0 aliphatic carbocycles. The van der Waals surface area contributed by atoms with Crippen LogP contribution in [0.15, 0.2) is 30.3 Å². The van der Waals surface area contributed by atoms with E-state index in [0.29, 0.717) is 21.9 Å². The van der Waals surface area contributed by atoms with Gasteiger partial charge in [0, 0.05) is 6.54 Å². The summed E-state index contributed by atoms with van der Waals surface area (Å²) in [6, 6.07) is 8.38. The van der Waals surface area contributed by atoms with Crippen molar-refractivity contribution in [2.75, 3.05) is 11.9 Å². The second kappa shape index (κ2) is 9.56. The molecule has 0 fully saturated rings. The molecule has 9 heteroatoms. The number of hydrogen-bond donors (Lipinski definition) is 3. The Morgan fingerprint density at radius 2 is 2.04 bits per heavy atom. The number of H-pyrrole nitrogens is 1. The highest BCUT2D eigenvalue weighted by Crippen LogP contribution is 2.14. The smallest absolute Gasteiger partial charge is 0.320 e. The van der Waals surface area contributed by atoms with E-state index in [1.54, 1.807) is 0 Å². The number of carbonyl (C=O) groups is 2. The molecule has 0 saturated carbocycles. The molecule has 7 nitrogen and oxygen atoms in total. The quantitative estimate of drug-likeness (QED) is 0.627. The molecule has 3 amide bonds. The van der Waals surface area contributed by atoms with Gasteiger partial charge in [-0.3, -0.25) is 20.1 Å². The molecule has 4 N–H and O–H groups in total. The fourth-order valence-electron chi connectivity index (χ4n) is 2.45. The lowest BCUT2D eigenvalue weighted by Crippen LogP contribution is -2.49. The lowest BCUT2D eigenvalue weighted by Gasteiger charge is -2.24. The molecule has 1 atom stereocenters. The molecule has 1 aromatic carbocycles. The summed E-state index contributed by atoms with van der Waals surface area (Å²) in [6.07, 6.45) is 1.06. The molecule has 0 unspecified atom stereocenters. The lowest BCUT2D eigenvalue weighted by atomic mass is 10.0. The fourth-order valence-corrected chi connectivity index (χ4v) is 3.23. The van der Waals surface area contributed by atoms with Gasteiger partial charge in [-0.15, -0.1) is 5.10 Å². The topological polar surface area (TPSA) is 104 Å². The summed E-state index contributed by atoms with van der Waals surface area (Å²) in [5.41, 5.74) is 7.05. The summed E-state index contributed by atoms with van der Waals surface area (Å²) in [5.74, 6) is -0.143. The Kier molecular flexibility index (Phi) is 7.43. The van der Waals surface area contributed by atoms with Gasteiger partial charge in [-0.2, -0.15) is 0 Å². The average molecular weight is 394 g/mol. The van der Waals surface area contributed by atoms with E-state index in [9.17, 15) is 9.59 Å². The zero-order valence-electron chi connectivity index (χ0n) is 14.8. The molecule has 140 valence electrons. The number of rotatable bonds is 7. The molecule has 2 rings (SSSR count). The number of nitrogens with two attached hydrogens (primary N) is 1. The van der Waals surface area contributed by atoms with Crippen molar-refractivity contribution >= 4 is 40.6 Å². The van der Waals surface area contributed by atoms with Crippen LogP contribution in [0.4, 0.5) is 9.93 Å². The number of carbonyl (C=O) groups excluding carboxylic acids is 2. The van der Waals surface area contributed by atoms with Crippen molar-refractivity contribution in [1.82, 2.24) is 15.1 Å². The van der Waals surface area contributed by atoms with Gasteiger partial charge >= 0.3 is 6.03 Å². The first-order valence-corrected chi connectivity index (χ1v) is 9.56. The maximum atomic E-state index is 12.7. The number of urea groups is 1. The van der Waals surface area contributed by atoms with E-state index < -0.39 is 18.0 Å². The third kappa shape index (κ3) is 6.01. The van der Waals surface area contributed by atoms with Crippen molar-refractivity contribution in [3.8, 4) is 0 Å². The summed E-state index contributed by atoms with van der Waals surface area (Å²) in [4.78, 5) is 26.5. The van der Waals surface area contributed by atoms with Crippen LogP contribution >= 0.6 is 23.6 Å². The number of nitrogens with zero attached hydrogens (tertiary/aromatic N) is 2. The highest BCUT2D eigenvalue weighted by Gasteiger charge is 2.27. The predicted molar refractivity (Wildman–Crippen MR) is 106 cm³/mol. The lowest BCUT2D eigenvalue weighted by molar-refractivity contribution is -0.129. The highest BCUT2D eigenvalue weighted by atomic mass is 32.1. The van der Waals surface area contributed by atoms with E-state index in [-0.39, 0.29) is 12.5 Å². The SMILES string of the molecule is CC(C)C[C@H](N)C(=O)N(CCc1ccccc1)C(=O)Nc1n[nH]c(=S)s1. The molecule has 0 spiro atoms. The van der Waals surface area contributed by atoms with Gasteiger partial charge in [-0.05, 0) is 36.5 Å². The van der Waals surface area contributed by atoms with Gasteiger partial charge in [0.25, 0.3) is 0 Å². The standard InChI is InChI=1S/C17H23N5O2S2/c1-11(2)10-13(18)14(23)22(9-8-12-6-4-3-5-7-12)16(24)19-15-20-21-17(25)26-15/h3-7,11,13H,8-10,18H2,1-2H3,(H,21,25)(H,19,20,24)/t13-/m0/s1. The summed E-state index contributed by atoms with van der Waals surface area (Å²) in [7, 11) is 0. The second-order valence-electron chi connectivity index (χ2n) is 6.31. The van der Waals surface area contributed by atoms with Crippen molar-refractivity contribution in [3.63, 3.8) is 0 Å².